The number of anilines is 1. The topological polar surface area (TPSA) is 51.2 Å². The number of ether oxygens (including phenoxy) is 1. The van der Waals surface area contributed by atoms with E-state index in [-0.39, 0.29) is 5.91 Å². The zero-order chi connectivity index (χ0) is 13.1. The molecule has 5 heteroatoms. The highest BCUT2D eigenvalue weighted by molar-refractivity contribution is 7.16. The van der Waals surface area contributed by atoms with E-state index in [0.717, 1.165) is 21.9 Å². The molecular weight excluding hydrogens is 248 g/mol. The van der Waals surface area contributed by atoms with E-state index >= 15 is 0 Å². The van der Waals surface area contributed by atoms with Crippen molar-refractivity contribution in [3.63, 3.8) is 0 Å². The van der Waals surface area contributed by atoms with E-state index in [1.807, 2.05) is 31.2 Å². The Balaban J connectivity index is 2.31. The van der Waals surface area contributed by atoms with E-state index in [9.17, 15) is 4.79 Å². The fourth-order valence-electron chi connectivity index (χ4n) is 1.62. The summed E-state index contributed by atoms with van der Waals surface area (Å²) in [5, 5.41) is 3.33. The first kappa shape index (κ1) is 12.6. The van der Waals surface area contributed by atoms with Gasteiger partial charge in [-0.1, -0.05) is 0 Å². The van der Waals surface area contributed by atoms with Crippen molar-refractivity contribution in [2.75, 3.05) is 12.4 Å². The fourth-order valence-corrected chi connectivity index (χ4v) is 2.50. The van der Waals surface area contributed by atoms with Crippen LogP contribution in [0.1, 0.15) is 11.8 Å². The van der Waals surface area contributed by atoms with Gasteiger partial charge < -0.3 is 10.1 Å². The summed E-state index contributed by atoms with van der Waals surface area (Å²) in [5.74, 6) is 0.707. The number of hydrogen-bond acceptors (Lipinski definition) is 4. The minimum atomic E-state index is -0.106. The summed E-state index contributed by atoms with van der Waals surface area (Å²) >= 11 is 1.47. The molecule has 94 valence electrons. The van der Waals surface area contributed by atoms with E-state index in [0.29, 0.717) is 5.13 Å². The molecule has 4 nitrogen and oxygen atoms in total. The molecule has 2 rings (SSSR count). The van der Waals surface area contributed by atoms with Gasteiger partial charge in [-0.15, -0.1) is 11.3 Å². The summed E-state index contributed by atoms with van der Waals surface area (Å²) in [6, 6.07) is 7.70. The van der Waals surface area contributed by atoms with Crippen LogP contribution in [0.5, 0.6) is 5.75 Å². The average molecular weight is 262 g/mol. The number of aromatic nitrogens is 1. The SMILES string of the molecule is COc1ccc(-c2nc(NC(C)=O)sc2C)cc1. The van der Waals surface area contributed by atoms with Gasteiger partial charge in [-0.05, 0) is 31.2 Å². The average Bonchev–Trinajstić information content (AvgIpc) is 2.69. The fraction of sp³-hybridized carbons (Fsp3) is 0.231. The van der Waals surface area contributed by atoms with Crippen LogP contribution in [0.3, 0.4) is 0 Å². The van der Waals surface area contributed by atoms with Gasteiger partial charge in [-0.25, -0.2) is 4.98 Å². The summed E-state index contributed by atoms with van der Waals surface area (Å²) in [7, 11) is 1.64. The number of methoxy groups -OCH3 is 1. The van der Waals surface area contributed by atoms with Crippen LogP contribution in [0.2, 0.25) is 0 Å². The van der Waals surface area contributed by atoms with E-state index in [4.69, 9.17) is 4.74 Å². The van der Waals surface area contributed by atoms with Gasteiger partial charge in [-0.3, -0.25) is 4.79 Å². The van der Waals surface area contributed by atoms with Crippen LogP contribution >= 0.6 is 11.3 Å². The van der Waals surface area contributed by atoms with Crippen LogP contribution in [-0.4, -0.2) is 18.0 Å². The van der Waals surface area contributed by atoms with Gasteiger partial charge in [0.2, 0.25) is 5.91 Å². The molecular formula is C13H14N2O2S. The number of hydrogen-bond donors (Lipinski definition) is 1. The van der Waals surface area contributed by atoms with Crippen molar-refractivity contribution in [3.05, 3.63) is 29.1 Å². The molecule has 0 spiro atoms. The molecule has 0 aliphatic carbocycles. The predicted octanol–water partition coefficient (Wildman–Crippen LogP) is 3.09. The van der Waals surface area contributed by atoms with Crippen LogP contribution in [0.4, 0.5) is 5.13 Å². The monoisotopic (exact) mass is 262 g/mol. The van der Waals surface area contributed by atoms with Crippen molar-refractivity contribution in [1.29, 1.82) is 0 Å². The van der Waals surface area contributed by atoms with Crippen molar-refractivity contribution >= 4 is 22.4 Å². The third-order valence-electron chi connectivity index (χ3n) is 2.44. The van der Waals surface area contributed by atoms with Gasteiger partial charge in [0.15, 0.2) is 5.13 Å². The zero-order valence-electron chi connectivity index (χ0n) is 10.5. The Morgan fingerprint density at radius 2 is 2.00 bits per heavy atom. The standard InChI is InChI=1S/C13H14N2O2S/c1-8-12(15-13(18-8)14-9(2)16)10-4-6-11(17-3)7-5-10/h4-7H,1-3H3,(H,14,15,16). The maximum atomic E-state index is 11.0. The number of carbonyl (C=O) groups excluding carboxylic acids is 1. The zero-order valence-corrected chi connectivity index (χ0v) is 11.3. The van der Waals surface area contributed by atoms with Crippen LogP contribution < -0.4 is 10.1 Å². The molecule has 1 aromatic carbocycles. The summed E-state index contributed by atoms with van der Waals surface area (Å²) in [5.41, 5.74) is 1.91. The Bertz CT molecular complexity index is 561. The van der Waals surface area contributed by atoms with Gasteiger partial charge in [0.05, 0.1) is 12.8 Å². The Hall–Kier alpha value is -1.88. The first-order valence-electron chi connectivity index (χ1n) is 5.49. The smallest absolute Gasteiger partial charge is 0.223 e. The minimum absolute atomic E-state index is 0.106. The van der Waals surface area contributed by atoms with Crippen molar-refractivity contribution in [1.82, 2.24) is 4.98 Å². The molecule has 0 radical (unpaired) electrons. The number of benzene rings is 1. The maximum Gasteiger partial charge on any atom is 0.223 e. The molecule has 18 heavy (non-hydrogen) atoms. The molecule has 0 saturated carbocycles. The lowest BCUT2D eigenvalue weighted by atomic mass is 10.1. The van der Waals surface area contributed by atoms with E-state index < -0.39 is 0 Å². The van der Waals surface area contributed by atoms with Gasteiger partial charge in [-0.2, -0.15) is 0 Å². The van der Waals surface area contributed by atoms with Crippen LogP contribution in [0.25, 0.3) is 11.3 Å². The predicted molar refractivity (Wildman–Crippen MR) is 73.1 cm³/mol. The van der Waals surface area contributed by atoms with Crippen molar-refractivity contribution in [2.45, 2.75) is 13.8 Å². The number of nitrogens with zero attached hydrogens (tertiary/aromatic N) is 1. The molecule has 1 N–H and O–H groups in total. The molecule has 0 bridgehead atoms. The number of thiazole rings is 1. The molecule has 1 heterocycles. The second-order valence-electron chi connectivity index (χ2n) is 3.83. The molecule has 1 aromatic heterocycles. The Labute approximate surface area is 110 Å². The molecule has 0 aliphatic heterocycles. The second-order valence-corrected chi connectivity index (χ2v) is 5.04. The van der Waals surface area contributed by atoms with Gasteiger partial charge in [0.1, 0.15) is 5.75 Å². The lowest BCUT2D eigenvalue weighted by Crippen LogP contribution is -2.04. The summed E-state index contributed by atoms with van der Waals surface area (Å²) < 4.78 is 5.12. The molecule has 1 amide bonds. The third-order valence-corrected chi connectivity index (χ3v) is 3.33. The van der Waals surface area contributed by atoms with E-state index in [2.05, 4.69) is 10.3 Å². The Morgan fingerprint density at radius 1 is 1.33 bits per heavy atom. The number of rotatable bonds is 3. The highest BCUT2D eigenvalue weighted by Crippen LogP contribution is 2.31. The third kappa shape index (κ3) is 2.68. The molecule has 0 atom stereocenters. The summed E-state index contributed by atoms with van der Waals surface area (Å²) in [6.45, 7) is 3.46. The van der Waals surface area contributed by atoms with Gasteiger partial charge in [0.25, 0.3) is 0 Å². The molecule has 0 saturated heterocycles. The minimum Gasteiger partial charge on any atom is -0.497 e. The molecule has 0 fully saturated rings. The van der Waals surface area contributed by atoms with Crippen LogP contribution in [0, 0.1) is 6.92 Å². The first-order valence-corrected chi connectivity index (χ1v) is 6.31. The van der Waals surface area contributed by atoms with Gasteiger partial charge in [0, 0.05) is 17.4 Å². The van der Waals surface area contributed by atoms with Crippen LogP contribution in [0.15, 0.2) is 24.3 Å². The molecule has 0 aliphatic rings. The number of amides is 1. The molecule has 0 unspecified atom stereocenters. The summed E-state index contributed by atoms with van der Waals surface area (Å²) in [4.78, 5) is 16.5. The van der Waals surface area contributed by atoms with E-state index in [1.165, 1.54) is 18.3 Å². The lowest BCUT2D eigenvalue weighted by molar-refractivity contribution is -0.114. The van der Waals surface area contributed by atoms with Crippen molar-refractivity contribution < 1.29 is 9.53 Å². The van der Waals surface area contributed by atoms with Gasteiger partial charge >= 0.3 is 0 Å². The van der Waals surface area contributed by atoms with Crippen LogP contribution in [-0.2, 0) is 4.79 Å². The Morgan fingerprint density at radius 3 is 2.56 bits per heavy atom. The lowest BCUT2D eigenvalue weighted by Gasteiger charge is -2.01. The largest absolute Gasteiger partial charge is 0.497 e. The van der Waals surface area contributed by atoms with Crippen molar-refractivity contribution in [2.24, 2.45) is 0 Å². The quantitative estimate of drug-likeness (QED) is 0.924. The Kier molecular flexibility index (Phi) is 3.62. The van der Waals surface area contributed by atoms with E-state index in [1.54, 1.807) is 7.11 Å². The summed E-state index contributed by atoms with van der Waals surface area (Å²) in [6.07, 6.45) is 0. The van der Waals surface area contributed by atoms with Crippen molar-refractivity contribution in [3.8, 4) is 17.0 Å². The highest BCUT2D eigenvalue weighted by Gasteiger charge is 2.10. The normalized spacial score (nSPS) is 10.2. The number of carbonyl (C=O) groups is 1. The molecule has 2 aromatic rings. The number of aryl methyl sites for hydroxylation is 1. The highest BCUT2D eigenvalue weighted by atomic mass is 32.1. The number of nitrogens with one attached hydrogen (secondary N) is 1. The second kappa shape index (κ2) is 5.18. The first-order chi connectivity index (χ1) is 8.60. The maximum absolute atomic E-state index is 11.0.